The molecule has 150 valence electrons. The highest BCUT2D eigenvalue weighted by molar-refractivity contribution is 5.96. The lowest BCUT2D eigenvalue weighted by Gasteiger charge is -2.15. The van der Waals surface area contributed by atoms with Gasteiger partial charge in [-0.15, -0.1) is 0 Å². The third-order valence-corrected chi connectivity index (χ3v) is 3.42. The van der Waals surface area contributed by atoms with Crippen LogP contribution in [-0.2, 0) is 15.7 Å². The van der Waals surface area contributed by atoms with Gasteiger partial charge >= 0.3 is 12.1 Å². The molecule has 0 bridgehead atoms. The minimum Gasteiger partial charge on any atom is -0.491 e. The average Bonchev–Trinajstić information content (AvgIpc) is 2.64. The highest BCUT2D eigenvalue weighted by atomic mass is 19.4. The van der Waals surface area contributed by atoms with Crippen molar-refractivity contribution in [2.45, 2.75) is 19.5 Å². The summed E-state index contributed by atoms with van der Waals surface area (Å²) in [4.78, 5) is 37.6. The second-order valence-corrected chi connectivity index (χ2v) is 5.59. The second-order valence-electron chi connectivity index (χ2n) is 5.59. The van der Waals surface area contributed by atoms with E-state index in [1.165, 1.54) is 18.3 Å². The highest BCUT2D eigenvalue weighted by Crippen LogP contribution is 2.35. The number of amides is 1. The number of ether oxygens (including phenoxy) is 2. The quantitative estimate of drug-likeness (QED) is 0.699. The highest BCUT2D eigenvalue weighted by Gasteiger charge is 2.31. The molecule has 0 radical (unpaired) electrons. The van der Waals surface area contributed by atoms with E-state index in [-0.39, 0.29) is 23.6 Å². The first-order valence-electron chi connectivity index (χ1n) is 8.21. The summed E-state index contributed by atoms with van der Waals surface area (Å²) in [6.45, 7) is 1.25. The topological polar surface area (TPSA) is 97.5 Å². The number of hydrogen-bond acceptors (Lipinski definition) is 5. The average molecular weight is 398 g/mol. The van der Waals surface area contributed by atoms with Crippen LogP contribution in [-0.4, -0.2) is 30.1 Å². The predicted octanol–water partition coefficient (Wildman–Crippen LogP) is 2.98. The van der Waals surface area contributed by atoms with Gasteiger partial charge in [-0.25, -0.2) is 4.79 Å². The number of halogens is 3. The Balaban J connectivity index is 2.10. The van der Waals surface area contributed by atoms with Gasteiger partial charge in [0.05, 0.1) is 17.9 Å². The molecule has 7 nitrogen and oxygen atoms in total. The van der Waals surface area contributed by atoms with Gasteiger partial charge in [0.1, 0.15) is 11.3 Å². The van der Waals surface area contributed by atoms with Gasteiger partial charge in [-0.1, -0.05) is 6.92 Å². The zero-order chi connectivity index (χ0) is 20.7. The second kappa shape index (κ2) is 9.07. The predicted molar refractivity (Wildman–Crippen MR) is 93.2 cm³/mol. The fourth-order valence-electron chi connectivity index (χ4n) is 2.12. The van der Waals surface area contributed by atoms with Crippen LogP contribution in [0.2, 0.25) is 0 Å². The van der Waals surface area contributed by atoms with Gasteiger partial charge in [0, 0.05) is 6.20 Å². The lowest BCUT2D eigenvalue weighted by Crippen LogP contribution is -2.24. The van der Waals surface area contributed by atoms with E-state index in [0.29, 0.717) is 6.42 Å². The van der Waals surface area contributed by atoms with Crippen molar-refractivity contribution >= 4 is 17.6 Å². The van der Waals surface area contributed by atoms with Crippen LogP contribution >= 0.6 is 0 Å². The monoisotopic (exact) mass is 398 g/mol. The van der Waals surface area contributed by atoms with Crippen molar-refractivity contribution in [3.63, 3.8) is 0 Å². The summed E-state index contributed by atoms with van der Waals surface area (Å²) in [6.07, 6.45) is -2.68. The number of benzene rings is 1. The van der Waals surface area contributed by atoms with E-state index in [1.54, 1.807) is 0 Å². The fraction of sp³-hybridized carbons (Fsp3) is 0.278. The summed E-state index contributed by atoms with van der Waals surface area (Å²) in [7, 11) is 0. The third kappa shape index (κ3) is 5.60. The van der Waals surface area contributed by atoms with Crippen molar-refractivity contribution in [1.29, 1.82) is 0 Å². The summed E-state index contributed by atoms with van der Waals surface area (Å²) in [5, 5.41) is 2.23. The van der Waals surface area contributed by atoms with Crippen molar-refractivity contribution in [3.05, 3.63) is 58.0 Å². The van der Waals surface area contributed by atoms with Gasteiger partial charge in [0.25, 0.3) is 11.5 Å². The Labute approximate surface area is 157 Å². The number of nitrogens with one attached hydrogen (secondary N) is 2. The first-order valence-corrected chi connectivity index (χ1v) is 8.21. The molecule has 0 fully saturated rings. The van der Waals surface area contributed by atoms with Crippen molar-refractivity contribution in [3.8, 4) is 5.75 Å². The van der Waals surface area contributed by atoms with Crippen LogP contribution in [0, 0.1) is 0 Å². The molecule has 10 heteroatoms. The molecule has 0 aliphatic heterocycles. The van der Waals surface area contributed by atoms with E-state index in [0.717, 1.165) is 18.2 Å². The Morgan fingerprint density at radius 3 is 2.61 bits per heavy atom. The number of alkyl halides is 3. The fourth-order valence-corrected chi connectivity index (χ4v) is 2.12. The molecule has 0 atom stereocenters. The van der Waals surface area contributed by atoms with Gasteiger partial charge in [0.15, 0.2) is 6.61 Å². The van der Waals surface area contributed by atoms with E-state index < -0.39 is 35.8 Å². The van der Waals surface area contributed by atoms with E-state index in [4.69, 9.17) is 9.47 Å². The lowest BCUT2D eigenvalue weighted by molar-refractivity contribution is -0.137. The van der Waals surface area contributed by atoms with E-state index in [9.17, 15) is 27.6 Å². The number of aromatic amines is 1. The largest absolute Gasteiger partial charge is 0.491 e. The van der Waals surface area contributed by atoms with Crippen LogP contribution in [0.5, 0.6) is 5.75 Å². The summed E-state index contributed by atoms with van der Waals surface area (Å²) < 4.78 is 48.8. The number of H-pyrrole nitrogens is 1. The Kier molecular flexibility index (Phi) is 6.80. The summed E-state index contributed by atoms with van der Waals surface area (Å²) in [6, 6.07) is 5.28. The number of hydrogen-bond donors (Lipinski definition) is 2. The molecule has 0 saturated heterocycles. The first-order chi connectivity index (χ1) is 13.2. The maximum absolute atomic E-state index is 12.9. The minimum absolute atomic E-state index is 0.0500. The SMILES string of the molecule is CCCOc1ccc(C(F)(F)F)cc1NC(=O)COC(=O)c1ccc[nH]c1=O. The number of esters is 1. The first kappa shape index (κ1) is 21.0. The summed E-state index contributed by atoms with van der Waals surface area (Å²) in [5.74, 6) is -1.88. The van der Waals surface area contributed by atoms with Gasteiger partial charge in [-0.3, -0.25) is 9.59 Å². The van der Waals surface area contributed by atoms with E-state index >= 15 is 0 Å². The smallest absolute Gasteiger partial charge is 0.416 e. The molecule has 1 amide bonds. The molecule has 1 heterocycles. The molecule has 0 aliphatic carbocycles. The van der Waals surface area contributed by atoms with Gasteiger partial charge in [0.2, 0.25) is 0 Å². The maximum atomic E-state index is 12.9. The van der Waals surface area contributed by atoms with Crippen LogP contribution in [0.15, 0.2) is 41.3 Å². The number of pyridine rings is 1. The zero-order valence-electron chi connectivity index (χ0n) is 14.8. The molecular weight excluding hydrogens is 381 g/mol. The molecule has 0 unspecified atom stereocenters. The standard InChI is InChI=1S/C18H17F3N2O5/c1-2-8-27-14-6-5-11(18(19,20)21)9-13(14)23-15(24)10-28-17(26)12-4-3-7-22-16(12)25/h3-7,9H,2,8,10H2,1H3,(H,22,25)(H,23,24). The Bertz CT molecular complexity index is 909. The third-order valence-electron chi connectivity index (χ3n) is 3.42. The Morgan fingerprint density at radius 1 is 1.21 bits per heavy atom. The molecule has 0 saturated carbocycles. The zero-order valence-corrected chi connectivity index (χ0v) is 14.8. The number of carbonyl (C=O) groups excluding carboxylic acids is 2. The number of rotatable bonds is 7. The molecule has 2 aromatic rings. The van der Waals surface area contributed by atoms with Crippen molar-refractivity contribution < 1.29 is 32.2 Å². The molecular formula is C18H17F3N2O5. The van der Waals surface area contributed by atoms with Crippen LogP contribution < -0.4 is 15.6 Å². The van der Waals surface area contributed by atoms with Crippen LogP contribution in [0.25, 0.3) is 0 Å². The molecule has 1 aromatic carbocycles. The Morgan fingerprint density at radius 2 is 1.96 bits per heavy atom. The molecule has 1 aromatic heterocycles. The van der Waals surface area contributed by atoms with Gasteiger partial charge in [-0.2, -0.15) is 13.2 Å². The summed E-state index contributed by atoms with van der Waals surface area (Å²) in [5.41, 5.74) is -2.18. The van der Waals surface area contributed by atoms with E-state index in [2.05, 4.69) is 10.3 Å². The number of carbonyl (C=O) groups is 2. The molecule has 0 aliphatic rings. The van der Waals surface area contributed by atoms with Crippen molar-refractivity contribution in [2.75, 3.05) is 18.5 Å². The van der Waals surface area contributed by atoms with Crippen molar-refractivity contribution in [2.24, 2.45) is 0 Å². The van der Waals surface area contributed by atoms with Crippen LogP contribution in [0.4, 0.5) is 18.9 Å². The van der Waals surface area contributed by atoms with Gasteiger partial charge < -0.3 is 19.8 Å². The Hall–Kier alpha value is -3.30. The molecule has 2 rings (SSSR count). The van der Waals surface area contributed by atoms with Crippen LogP contribution in [0.1, 0.15) is 29.3 Å². The van der Waals surface area contributed by atoms with E-state index in [1.807, 2.05) is 6.92 Å². The lowest BCUT2D eigenvalue weighted by atomic mass is 10.1. The van der Waals surface area contributed by atoms with Crippen LogP contribution in [0.3, 0.4) is 0 Å². The number of anilines is 1. The van der Waals surface area contributed by atoms with Gasteiger partial charge in [-0.05, 0) is 36.8 Å². The molecule has 2 N–H and O–H groups in total. The summed E-state index contributed by atoms with van der Waals surface area (Å²) >= 11 is 0. The number of aromatic nitrogens is 1. The normalized spacial score (nSPS) is 11.0. The van der Waals surface area contributed by atoms with Crippen molar-refractivity contribution in [1.82, 2.24) is 4.98 Å². The molecule has 28 heavy (non-hydrogen) atoms. The molecule has 0 spiro atoms. The maximum Gasteiger partial charge on any atom is 0.416 e. The minimum atomic E-state index is -4.61.